The molecule has 43 heavy (non-hydrogen) atoms. The van der Waals surface area contributed by atoms with Crippen molar-refractivity contribution in [1.82, 2.24) is 0 Å². The molecule has 2 aliphatic carbocycles. The van der Waals surface area contributed by atoms with Gasteiger partial charge in [0.05, 0.1) is 42.8 Å². The number of thiophene rings is 3. The Morgan fingerprint density at radius 1 is 0.419 bits per heavy atom. The Morgan fingerprint density at radius 3 is 0.977 bits per heavy atom. The van der Waals surface area contributed by atoms with Crippen molar-refractivity contribution < 1.29 is 54.3 Å². The summed E-state index contributed by atoms with van der Waals surface area (Å²) in [5, 5.41) is 0. The van der Waals surface area contributed by atoms with Crippen molar-refractivity contribution in [3.63, 3.8) is 0 Å². The number of ketones is 4. The third kappa shape index (κ3) is 3.58. The summed E-state index contributed by atoms with van der Waals surface area (Å²) in [7, 11) is 0. The van der Waals surface area contributed by atoms with E-state index >= 15 is 0 Å². The molecule has 3 aromatic heterocycles. The minimum atomic E-state index is -2.22. The molecule has 0 bridgehead atoms. The Hall–Kier alpha value is -4.34. The van der Waals surface area contributed by atoms with Gasteiger partial charge in [-0.25, -0.2) is 35.1 Å². The Morgan fingerprint density at radius 2 is 0.698 bits per heavy atom. The van der Waals surface area contributed by atoms with Crippen LogP contribution in [0.25, 0.3) is 31.0 Å². The Kier molecular flexibility index (Phi) is 5.81. The van der Waals surface area contributed by atoms with E-state index < -0.39 is 103 Å². The SMILES string of the molecule is O=C1C(=Cc2cc3sc4cc(C=C5C(=O)c6c(F)c(F)c(F)c(F)c6C5=O)sc4c3s2)C(=O)c2c(F)c(F)c(F)c(F)c21. The highest BCUT2D eigenvalue weighted by Gasteiger charge is 2.43. The van der Waals surface area contributed by atoms with Gasteiger partial charge in [-0.1, -0.05) is 0 Å². The van der Waals surface area contributed by atoms with E-state index in [4.69, 9.17) is 0 Å². The molecule has 15 heteroatoms. The van der Waals surface area contributed by atoms with Crippen molar-refractivity contribution in [2.24, 2.45) is 0 Å². The fraction of sp³-hybridized carbons (Fsp3) is 0. The smallest absolute Gasteiger partial charge is 0.200 e. The molecule has 2 aromatic carbocycles. The fourth-order valence-corrected chi connectivity index (χ4v) is 8.85. The van der Waals surface area contributed by atoms with Gasteiger partial charge in [0, 0.05) is 19.2 Å². The minimum absolute atomic E-state index is 0.273. The summed E-state index contributed by atoms with van der Waals surface area (Å²) in [6.45, 7) is 0. The van der Waals surface area contributed by atoms with Crippen LogP contribution in [0.5, 0.6) is 0 Å². The van der Waals surface area contributed by atoms with Crippen LogP contribution in [0.15, 0.2) is 23.3 Å². The van der Waals surface area contributed by atoms with Gasteiger partial charge in [0.25, 0.3) is 0 Å². The summed E-state index contributed by atoms with van der Waals surface area (Å²) in [4.78, 5) is 51.2. The van der Waals surface area contributed by atoms with Crippen molar-refractivity contribution in [2.75, 3.05) is 0 Å². The van der Waals surface area contributed by atoms with Crippen molar-refractivity contribution in [3.05, 3.63) is 102 Å². The maximum Gasteiger partial charge on any atom is 0.200 e. The van der Waals surface area contributed by atoms with E-state index in [-0.39, 0.29) is 9.75 Å². The number of fused-ring (bicyclic) bond motifs is 5. The number of carbonyl (C=O) groups excluding carboxylic acids is 4. The molecule has 0 unspecified atom stereocenters. The topological polar surface area (TPSA) is 68.3 Å². The maximum absolute atomic E-state index is 14.2. The molecule has 4 nitrogen and oxygen atoms in total. The Bertz CT molecular complexity index is 2050. The van der Waals surface area contributed by atoms with Crippen LogP contribution in [0.1, 0.15) is 51.2 Å². The number of halogens is 8. The predicted octanol–water partition coefficient (Wildman–Crippen LogP) is 8.22. The number of allylic oxidation sites excluding steroid dienone is 2. The van der Waals surface area contributed by atoms with Crippen molar-refractivity contribution >= 4 is 88.1 Å². The van der Waals surface area contributed by atoms with Gasteiger partial charge in [-0.2, -0.15) is 0 Å². The molecule has 0 amide bonds. The monoisotopic (exact) mass is 652 g/mol. The van der Waals surface area contributed by atoms with E-state index in [0.717, 1.165) is 34.8 Å². The molecule has 0 radical (unpaired) electrons. The molecule has 5 aromatic rings. The van der Waals surface area contributed by atoms with Gasteiger partial charge in [-0.05, 0) is 24.3 Å². The summed E-state index contributed by atoms with van der Waals surface area (Å²) in [6.07, 6.45) is 2.07. The number of hydrogen-bond donors (Lipinski definition) is 0. The zero-order chi connectivity index (χ0) is 30.8. The van der Waals surface area contributed by atoms with Gasteiger partial charge in [-0.15, -0.1) is 34.0 Å². The van der Waals surface area contributed by atoms with E-state index in [1.165, 1.54) is 11.3 Å². The average Bonchev–Trinajstić information content (AvgIpc) is 3.73. The molecular formula is C28H4F8O4S3. The van der Waals surface area contributed by atoms with Crippen LogP contribution in [0.3, 0.4) is 0 Å². The van der Waals surface area contributed by atoms with E-state index in [9.17, 15) is 54.3 Å². The van der Waals surface area contributed by atoms with Crippen LogP contribution in [-0.4, -0.2) is 23.1 Å². The normalized spacial score (nSPS) is 14.6. The molecule has 0 saturated heterocycles. The zero-order valence-corrected chi connectivity index (χ0v) is 22.6. The largest absolute Gasteiger partial charge is 0.288 e. The lowest BCUT2D eigenvalue weighted by Gasteiger charge is -2.02. The van der Waals surface area contributed by atoms with Gasteiger partial charge in [0.1, 0.15) is 0 Å². The number of Topliss-reactive ketones (excluding diaryl/α,β-unsaturated/α-hetero) is 4. The van der Waals surface area contributed by atoms with Crippen LogP contribution < -0.4 is 0 Å². The first-order valence-corrected chi connectivity index (χ1v) is 14.1. The quantitative estimate of drug-likeness (QED) is 0.0634. The molecule has 214 valence electrons. The van der Waals surface area contributed by atoms with Gasteiger partial charge in [0.15, 0.2) is 46.5 Å². The van der Waals surface area contributed by atoms with Crippen molar-refractivity contribution in [1.29, 1.82) is 0 Å². The molecule has 3 heterocycles. The van der Waals surface area contributed by atoms with Gasteiger partial charge in [-0.3, -0.25) is 19.2 Å². The minimum Gasteiger partial charge on any atom is -0.288 e. The van der Waals surface area contributed by atoms with Gasteiger partial charge in [0.2, 0.25) is 23.1 Å². The zero-order valence-electron chi connectivity index (χ0n) is 20.2. The summed E-state index contributed by atoms with van der Waals surface area (Å²) < 4.78 is 114. The van der Waals surface area contributed by atoms with Crippen LogP contribution in [0.4, 0.5) is 35.1 Å². The van der Waals surface area contributed by atoms with Gasteiger partial charge >= 0.3 is 0 Å². The molecule has 2 aliphatic rings. The molecule has 0 spiro atoms. The molecule has 7 rings (SSSR count). The summed E-state index contributed by atoms with van der Waals surface area (Å²) in [5.74, 6) is -22.1. The van der Waals surface area contributed by atoms with Crippen molar-refractivity contribution in [2.45, 2.75) is 0 Å². The molecule has 0 fully saturated rings. The average molecular weight is 653 g/mol. The lowest BCUT2D eigenvalue weighted by Crippen LogP contribution is -2.07. The van der Waals surface area contributed by atoms with Crippen molar-refractivity contribution in [3.8, 4) is 0 Å². The third-order valence-electron chi connectivity index (χ3n) is 6.85. The molecule has 0 saturated carbocycles. The second kappa shape index (κ2) is 9.08. The van der Waals surface area contributed by atoms with E-state index in [1.54, 1.807) is 12.1 Å². The predicted molar refractivity (Wildman–Crippen MR) is 141 cm³/mol. The Labute approximate surface area is 243 Å². The second-order valence-corrected chi connectivity index (χ2v) is 12.5. The number of rotatable bonds is 2. The third-order valence-corrected chi connectivity index (χ3v) is 10.5. The summed E-state index contributed by atoms with van der Waals surface area (Å²) >= 11 is 3.28. The molecule has 0 N–H and O–H groups in total. The van der Waals surface area contributed by atoms with Crippen LogP contribution >= 0.6 is 34.0 Å². The highest BCUT2D eigenvalue weighted by atomic mass is 32.1. The lowest BCUT2D eigenvalue weighted by atomic mass is 10.1. The standard InChI is InChI=1S/C28H4F8O4S3/c29-15-11-12(16(30)20(34)19(15)33)24(38)7(23(11)37)1-5-3-9-27(41-5)28-10(43-9)4-6(42-28)2-8-25(39)13-14(26(8)40)18(32)22(36)21(35)17(13)31/h1-4H. The number of benzene rings is 2. The summed E-state index contributed by atoms with van der Waals surface area (Å²) in [6, 6.07) is 3.10. The lowest BCUT2D eigenvalue weighted by molar-refractivity contribution is 0.0972. The first-order chi connectivity index (χ1) is 20.3. The highest BCUT2D eigenvalue weighted by Crippen LogP contribution is 2.46. The second-order valence-electron chi connectivity index (χ2n) is 9.23. The molecule has 0 atom stereocenters. The highest BCUT2D eigenvalue weighted by molar-refractivity contribution is 7.38. The maximum atomic E-state index is 14.2. The first kappa shape index (κ1) is 27.5. The van der Waals surface area contributed by atoms with E-state index in [0.29, 0.717) is 18.8 Å². The van der Waals surface area contributed by atoms with Gasteiger partial charge < -0.3 is 0 Å². The summed E-state index contributed by atoms with van der Waals surface area (Å²) in [5.41, 5.74) is -6.21. The number of carbonyl (C=O) groups is 4. The first-order valence-electron chi connectivity index (χ1n) is 11.6. The number of hydrogen-bond acceptors (Lipinski definition) is 7. The van der Waals surface area contributed by atoms with Crippen LogP contribution in [-0.2, 0) is 0 Å². The fourth-order valence-electron chi connectivity index (χ4n) is 4.92. The molecule has 0 aliphatic heterocycles. The van der Waals surface area contributed by atoms with Crippen LogP contribution in [0, 0.1) is 46.5 Å². The van der Waals surface area contributed by atoms with E-state index in [1.807, 2.05) is 0 Å². The van der Waals surface area contributed by atoms with E-state index in [2.05, 4.69) is 0 Å². The Balaban J connectivity index is 1.27. The van der Waals surface area contributed by atoms with Crippen LogP contribution in [0.2, 0.25) is 0 Å². The molecular weight excluding hydrogens is 648 g/mol.